The van der Waals surface area contributed by atoms with Crippen molar-refractivity contribution in [1.82, 2.24) is 34.8 Å². The second-order valence-corrected chi connectivity index (χ2v) is 3.52. The summed E-state index contributed by atoms with van der Waals surface area (Å²) in [5.41, 5.74) is 0.839. The summed E-state index contributed by atoms with van der Waals surface area (Å²) in [7, 11) is 0. The molecule has 0 saturated heterocycles. The van der Waals surface area contributed by atoms with E-state index in [0.29, 0.717) is 5.78 Å². The van der Waals surface area contributed by atoms with E-state index in [1.807, 2.05) is 6.92 Å². The first-order valence-corrected chi connectivity index (χ1v) is 5.09. The van der Waals surface area contributed by atoms with E-state index in [4.69, 9.17) is 0 Å². The van der Waals surface area contributed by atoms with Crippen molar-refractivity contribution in [2.45, 2.75) is 6.92 Å². The molecular weight excluding hydrogens is 236 g/mol. The fourth-order valence-electron chi connectivity index (χ4n) is 1.43. The molecule has 0 unspecified atom stereocenters. The molecule has 1 amide bonds. The topological polar surface area (TPSA) is 114 Å². The molecule has 18 heavy (non-hydrogen) atoms. The molecule has 3 rings (SSSR count). The van der Waals surface area contributed by atoms with E-state index in [-0.39, 0.29) is 11.8 Å². The monoisotopic (exact) mass is 244 g/mol. The lowest BCUT2D eigenvalue weighted by atomic mass is 10.5. The van der Waals surface area contributed by atoms with Gasteiger partial charge in [-0.3, -0.25) is 10.1 Å². The average Bonchev–Trinajstić information content (AvgIpc) is 2.97. The van der Waals surface area contributed by atoms with Crippen molar-refractivity contribution >= 4 is 17.6 Å². The van der Waals surface area contributed by atoms with E-state index in [2.05, 4.69) is 35.6 Å². The lowest BCUT2D eigenvalue weighted by molar-refractivity contribution is 0.101. The van der Waals surface area contributed by atoms with Crippen LogP contribution in [-0.2, 0) is 0 Å². The Morgan fingerprint density at radius 3 is 3.06 bits per heavy atom. The van der Waals surface area contributed by atoms with E-state index >= 15 is 0 Å². The number of fused-ring (bicyclic) bond motifs is 1. The van der Waals surface area contributed by atoms with E-state index in [1.165, 1.54) is 10.8 Å². The van der Waals surface area contributed by atoms with Crippen molar-refractivity contribution < 1.29 is 4.79 Å². The molecule has 2 N–H and O–H groups in total. The Morgan fingerprint density at radius 1 is 1.44 bits per heavy atom. The summed E-state index contributed by atoms with van der Waals surface area (Å²) in [4.78, 5) is 23.6. The number of hydrogen-bond acceptors (Lipinski definition) is 6. The summed E-state index contributed by atoms with van der Waals surface area (Å²) in [6, 6.07) is 1.78. The van der Waals surface area contributed by atoms with Crippen molar-refractivity contribution in [3.63, 3.8) is 0 Å². The maximum atomic E-state index is 11.8. The maximum Gasteiger partial charge on any atom is 0.297 e. The quantitative estimate of drug-likeness (QED) is 0.645. The van der Waals surface area contributed by atoms with E-state index in [9.17, 15) is 4.79 Å². The first-order valence-electron chi connectivity index (χ1n) is 5.09. The third-order valence-corrected chi connectivity index (χ3v) is 2.28. The lowest BCUT2D eigenvalue weighted by Crippen LogP contribution is -2.15. The highest BCUT2D eigenvalue weighted by Gasteiger charge is 2.15. The van der Waals surface area contributed by atoms with Crippen LogP contribution in [0.25, 0.3) is 5.78 Å². The summed E-state index contributed by atoms with van der Waals surface area (Å²) >= 11 is 0. The van der Waals surface area contributed by atoms with Gasteiger partial charge in [0.25, 0.3) is 11.7 Å². The van der Waals surface area contributed by atoms with Gasteiger partial charge < -0.3 is 0 Å². The van der Waals surface area contributed by atoms with Gasteiger partial charge in [-0.05, 0) is 13.0 Å². The fourth-order valence-corrected chi connectivity index (χ4v) is 1.43. The van der Waals surface area contributed by atoms with Crippen LogP contribution in [0.1, 0.15) is 16.3 Å². The van der Waals surface area contributed by atoms with Crippen molar-refractivity contribution in [3.8, 4) is 0 Å². The van der Waals surface area contributed by atoms with Crippen LogP contribution < -0.4 is 5.32 Å². The summed E-state index contributed by atoms with van der Waals surface area (Å²) in [6.45, 7) is 1.85. The molecule has 0 fully saturated rings. The van der Waals surface area contributed by atoms with Crippen molar-refractivity contribution in [1.29, 1.82) is 0 Å². The van der Waals surface area contributed by atoms with E-state index in [0.717, 1.165) is 5.69 Å². The molecule has 0 spiro atoms. The van der Waals surface area contributed by atoms with Gasteiger partial charge in [-0.25, -0.2) is 14.6 Å². The number of aromatic amines is 1. The number of carbonyl (C=O) groups is 1. The number of carbonyl (C=O) groups excluding carboxylic acids is 1. The van der Waals surface area contributed by atoms with Crippen LogP contribution in [0.2, 0.25) is 0 Å². The SMILES string of the molecule is Cc1ccnc2nc(C(=O)Nc3ncn[nH]3)nn12. The normalized spacial score (nSPS) is 10.7. The number of aryl methyl sites for hydroxylation is 1. The van der Waals surface area contributed by atoms with Crippen LogP contribution in [0.5, 0.6) is 0 Å². The third kappa shape index (κ3) is 1.67. The van der Waals surface area contributed by atoms with E-state index in [1.54, 1.807) is 12.3 Å². The van der Waals surface area contributed by atoms with Gasteiger partial charge in [-0.2, -0.15) is 15.1 Å². The molecule has 3 heterocycles. The number of nitrogens with one attached hydrogen (secondary N) is 2. The van der Waals surface area contributed by atoms with Crippen LogP contribution in [-0.4, -0.2) is 40.7 Å². The zero-order valence-corrected chi connectivity index (χ0v) is 9.32. The second kappa shape index (κ2) is 3.87. The second-order valence-electron chi connectivity index (χ2n) is 3.52. The highest BCUT2D eigenvalue weighted by molar-refractivity contribution is 6.00. The van der Waals surface area contributed by atoms with Crippen molar-refractivity contribution in [3.05, 3.63) is 30.1 Å². The minimum Gasteiger partial charge on any atom is -0.288 e. The molecule has 3 aromatic heterocycles. The Hall–Kier alpha value is -2.84. The first-order chi connectivity index (χ1) is 8.74. The molecule has 9 heteroatoms. The van der Waals surface area contributed by atoms with Gasteiger partial charge >= 0.3 is 0 Å². The van der Waals surface area contributed by atoms with Gasteiger partial charge in [-0.1, -0.05) is 0 Å². The number of H-pyrrole nitrogens is 1. The number of rotatable bonds is 2. The van der Waals surface area contributed by atoms with Crippen LogP contribution in [0.4, 0.5) is 5.95 Å². The summed E-state index contributed by atoms with van der Waals surface area (Å²) in [6.07, 6.45) is 2.90. The number of amides is 1. The molecular formula is C9H8N8O. The summed E-state index contributed by atoms with van der Waals surface area (Å²) in [5.74, 6) is 0.158. The van der Waals surface area contributed by atoms with Gasteiger partial charge in [0, 0.05) is 11.9 Å². The molecule has 0 atom stereocenters. The zero-order chi connectivity index (χ0) is 12.5. The van der Waals surface area contributed by atoms with Gasteiger partial charge in [0.15, 0.2) is 0 Å². The van der Waals surface area contributed by atoms with Crippen LogP contribution >= 0.6 is 0 Å². The Bertz CT molecular complexity index is 701. The average molecular weight is 244 g/mol. The smallest absolute Gasteiger partial charge is 0.288 e. The molecule has 0 radical (unpaired) electrons. The zero-order valence-electron chi connectivity index (χ0n) is 9.32. The Labute approximate surface area is 100 Å². The highest BCUT2D eigenvalue weighted by Crippen LogP contribution is 2.03. The van der Waals surface area contributed by atoms with Crippen molar-refractivity contribution in [2.24, 2.45) is 0 Å². The minimum absolute atomic E-state index is 0.0215. The lowest BCUT2D eigenvalue weighted by Gasteiger charge is -1.95. The number of hydrogen-bond donors (Lipinski definition) is 2. The number of nitrogens with zero attached hydrogens (tertiary/aromatic N) is 6. The number of aromatic nitrogens is 7. The molecule has 0 bridgehead atoms. The molecule has 3 aromatic rings. The fraction of sp³-hybridized carbons (Fsp3) is 0.111. The molecule has 0 aromatic carbocycles. The predicted molar refractivity (Wildman–Crippen MR) is 59.9 cm³/mol. The third-order valence-electron chi connectivity index (χ3n) is 2.28. The molecule has 0 aliphatic heterocycles. The molecule has 90 valence electrons. The maximum absolute atomic E-state index is 11.8. The van der Waals surface area contributed by atoms with E-state index < -0.39 is 5.91 Å². The predicted octanol–water partition coefficient (Wildman–Crippen LogP) is -0.197. The minimum atomic E-state index is -0.475. The van der Waals surface area contributed by atoms with Gasteiger partial charge in [-0.15, -0.1) is 5.10 Å². The Balaban J connectivity index is 1.94. The molecule has 0 aliphatic carbocycles. The van der Waals surface area contributed by atoms with Crippen LogP contribution in [0.3, 0.4) is 0 Å². The Morgan fingerprint density at radius 2 is 2.33 bits per heavy atom. The molecule has 0 aliphatic rings. The van der Waals surface area contributed by atoms with Gasteiger partial charge in [0.1, 0.15) is 6.33 Å². The van der Waals surface area contributed by atoms with Crippen LogP contribution in [0, 0.1) is 6.92 Å². The summed E-state index contributed by atoms with van der Waals surface area (Å²) in [5, 5.41) is 12.7. The summed E-state index contributed by atoms with van der Waals surface area (Å²) < 4.78 is 1.50. The number of anilines is 1. The van der Waals surface area contributed by atoms with Gasteiger partial charge in [0.05, 0.1) is 0 Å². The van der Waals surface area contributed by atoms with Gasteiger partial charge in [0.2, 0.25) is 11.8 Å². The highest BCUT2D eigenvalue weighted by atomic mass is 16.2. The molecule has 9 nitrogen and oxygen atoms in total. The van der Waals surface area contributed by atoms with Crippen LogP contribution in [0.15, 0.2) is 18.6 Å². The molecule has 0 saturated carbocycles. The van der Waals surface area contributed by atoms with Crippen molar-refractivity contribution in [2.75, 3.05) is 5.32 Å². The first kappa shape index (κ1) is 10.3. The largest absolute Gasteiger partial charge is 0.297 e. The Kier molecular flexibility index (Phi) is 2.22. The standard InChI is InChI=1S/C9H8N8O/c1-5-2-3-10-9-13-6(16-17(5)9)7(18)14-8-11-4-12-15-8/h2-4H,1H3,(H2,11,12,14,15,18).